The SMILES string of the molecule is COCCNC(=O)C1CCCN(C2CCN(CCC=C(C)C)CC2)C1. The molecule has 0 bridgehead atoms. The summed E-state index contributed by atoms with van der Waals surface area (Å²) in [6.45, 7) is 11.2. The number of carbonyl (C=O) groups excluding carboxylic acids is 1. The minimum atomic E-state index is 0.154. The lowest BCUT2D eigenvalue weighted by Gasteiger charge is -2.42. The second-order valence-corrected chi connectivity index (χ2v) is 7.76. The molecule has 0 aromatic heterocycles. The van der Waals surface area contributed by atoms with Crippen LogP contribution >= 0.6 is 0 Å². The number of hydrogen-bond acceptors (Lipinski definition) is 4. The van der Waals surface area contributed by atoms with Crippen LogP contribution in [0.2, 0.25) is 0 Å². The van der Waals surface area contributed by atoms with Crippen molar-refractivity contribution in [2.24, 2.45) is 5.92 Å². The number of rotatable bonds is 8. The van der Waals surface area contributed by atoms with E-state index in [1.165, 1.54) is 44.5 Å². The quantitative estimate of drug-likeness (QED) is 0.538. The molecule has 25 heavy (non-hydrogen) atoms. The van der Waals surface area contributed by atoms with E-state index in [1.807, 2.05) is 0 Å². The van der Waals surface area contributed by atoms with Crippen LogP contribution in [-0.4, -0.2) is 74.7 Å². The first-order valence-electron chi connectivity index (χ1n) is 9.96. The minimum absolute atomic E-state index is 0.154. The Morgan fingerprint density at radius 1 is 1.20 bits per heavy atom. The van der Waals surface area contributed by atoms with Gasteiger partial charge in [0.1, 0.15) is 0 Å². The van der Waals surface area contributed by atoms with E-state index >= 15 is 0 Å². The molecule has 5 nitrogen and oxygen atoms in total. The number of likely N-dealkylation sites (tertiary alicyclic amines) is 2. The zero-order chi connectivity index (χ0) is 18.1. The Morgan fingerprint density at radius 2 is 1.96 bits per heavy atom. The van der Waals surface area contributed by atoms with Gasteiger partial charge in [-0.3, -0.25) is 9.69 Å². The molecule has 0 saturated carbocycles. The van der Waals surface area contributed by atoms with E-state index in [0.717, 1.165) is 25.9 Å². The van der Waals surface area contributed by atoms with Crippen molar-refractivity contribution in [2.45, 2.75) is 52.0 Å². The fourth-order valence-corrected chi connectivity index (χ4v) is 4.02. The van der Waals surface area contributed by atoms with Crippen LogP contribution in [0.5, 0.6) is 0 Å². The Hall–Kier alpha value is -0.910. The first kappa shape index (κ1) is 20.4. The zero-order valence-electron chi connectivity index (χ0n) is 16.4. The molecular weight excluding hydrogens is 314 g/mol. The van der Waals surface area contributed by atoms with Crippen molar-refractivity contribution in [2.75, 3.05) is 53.0 Å². The lowest BCUT2D eigenvalue weighted by Crippen LogP contribution is -2.51. The van der Waals surface area contributed by atoms with Gasteiger partial charge in [-0.1, -0.05) is 11.6 Å². The summed E-state index contributed by atoms with van der Waals surface area (Å²) < 4.78 is 5.01. The number of methoxy groups -OCH3 is 1. The highest BCUT2D eigenvalue weighted by molar-refractivity contribution is 5.78. The molecule has 144 valence electrons. The van der Waals surface area contributed by atoms with Crippen molar-refractivity contribution < 1.29 is 9.53 Å². The second kappa shape index (κ2) is 10.9. The monoisotopic (exact) mass is 351 g/mol. The van der Waals surface area contributed by atoms with E-state index in [2.05, 4.69) is 35.0 Å². The smallest absolute Gasteiger partial charge is 0.224 e. The van der Waals surface area contributed by atoms with Crippen molar-refractivity contribution in [3.05, 3.63) is 11.6 Å². The van der Waals surface area contributed by atoms with Crippen LogP contribution in [0.25, 0.3) is 0 Å². The molecule has 2 rings (SSSR count). The summed E-state index contributed by atoms with van der Waals surface area (Å²) in [6.07, 6.45) is 8.16. The van der Waals surface area contributed by atoms with Gasteiger partial charge in [-0.2, -0.15) is 0 Å². The van der Waals surface area contributed by atoms with Crippen molar-refractivity contribution in [1.82, 2.24) is 15.1 Å². The van der Waals surface area contributed by atoms with Gasteiger partial charge in [0.2, 0.25) is 5.91 Å². The van der Waals surface area contributed by atoms with Gasteiger partial charge in [0, 0.05) is 32.8 Å². The van der Waals surface area contributed by atoms with Crippen LogP contribution in [0, 0.1) is 5.92 Å². The maximum Gasteiger partial charge on any atom is 0.224 e. The summed E-state index contributed by atoms with van der Waals surface area (Å²) in [5.41, 5.74) is 1.41. The van der Waals surface area contributed by atoms with Gasteiger partial charge in [-0.25, -0.2) is 0 Å². The second-order valence-electron chi connectivity index (χ2n) is 7.76. The average molecular weight is 352 g/mol. The lowest BCUT2D eigenvalue weighted by atomic mass is 9.93. The number of carbonyl (C=O) groups is 1. The predicted molar refractivity (Wildman–Crippen MR) is 103 cm³/mol. The van der Waals surface area contributed by atoms with Gasteiger partial charge in [0.15, 0.2) is 0 Å². The number of allylic oxidation sites excluding steroid dienone is 1. The molecule has 2 fully saturated rings. The van der Waals surface area contributed by atoms with Crippen LogP contribution in [0.3, 0.4) is 0 Å². The van der Waals surface area contributed by atoms with E-state index in [-0.39, 0.29) is 11.8 Å². The third-order valence-electron chi connectivity index (χ3n) is 5.50. The van der Waals surface area contributed by atoms with Crippen molar-refractivity contribution >= 4 is 5.91 Å². The third-order valence-corrected chi connectivity index (χ3v) is 5.50. The molecule has 0 aromatic carbocycles. The fourth-order valence-electron chi connectivity index (χ4n) is 4.02. The number of piperidine rings is 2. The van der Waals surface area contributed by atoms with Gasteiger partial charge in [0.25, 0.3) is 0 Å². The summed E-state index contributed by atoms with van der Waals surface area (Å²) in [4.78, 5) is 17.5. The largest absolute Gasteiger partial charge is 0.383 e. The first-order chi connectivity index (χ1) is 12.1. The summed E-state index contributed by atoms with van der Waals surface area (Å²) >= 11 is 0. The highest BCUT2D eigenvalue weighted by atomic mass is 16.5. The molecule has 2 saturated heterocycles. The molecule has 0 spiro atoms. The number of ether oxygens (including phenoxy) is 1. The normalized spacial score (nSPS) is 23.4. The molecule has 1 atom stereocenters. The topological polar surface area (TPSA) is 44.8 Å². The van der Waals surface area contributed by atoms with Crippen LogP contribution in [-0.2, 0) is 9.53 Å². The molecule has 0 radical (unpaired) electrons. The van der Waals surface area contributed by atoms with E-state index in [9.17, 15) is 4.79 Å². The summed E-state index contributed by atoms with van der Waals surface area (Å²) in [6, 6.07) is 0.661. The van der Waals surface area contributed by atoms with Gasteiger partial charge < -0.3 is 15.0 Å². The third kappa shape index (κ3) is 7.08. The number of nitrogens with one attached hydrogen (secondary N) is 1. The average Bonchev–Trinajstić information content (AvgIpc) is 2.62. The molecular formula is C20H37N3O2. The summed E-state index contributed by atoms with van der Waals surface area (Å²) in [7, 11) is 1.67. The number of nitrogens with zero attached hydrogens (tertiary/aromatic N) is 2. The Bertz CT molecular complexity index is 427. The lowest BCUT2D eigenvalue weighted by molar-refractivity contribution is -0.127. The maximum atomic E-state index is 12.3. The number of amides is 1. The van der Waals surface area contributed by atoms with Crippen LogP contribution in [0.15, 0.2) is 11.6 Å². The van der Waals surface area contributed by atoms with E-state index in [0.29, 0.717) is 19.2 Å². The van der Waals surface area contributed by atoms with E-state index < -0.39 is 0 Å². The van der Waals surface area contributed by atoms with Crippen molar-refractivity contribution in [3.63, 3.8) is 0 Å². The standard InChI is InChI=1S/C20H37N3O2/c1-17(2)6-4-11-22-13-8-19(9-14-22)23-12-5-7-18(16-23)20(24)21-10-15-25-3/h6,18-19H,4-5,7-16H2,1-3H3,(H,21,24). The molecule has 1 amide bonds. The molecule has 0 aliphatic carbocycles. The Balaban J connectivity index is 1.71. The van der Waals surface area contributed by atoms with Gasteiger partial charge in [-0.05, 0) is 65.6 Å². The predicted octanol–water partition coefficient (Wildman–Crippen LogP) is 2.28. The van der Waals surface area contributed by atoms with Gasteiger partial charge in [0.05, 0.1) is 12.5 Å². The summed E-state index contributed by atoms with van der Waals surface area (Å²) in [5.74, 6) is 0.363. The molecule has 0 aromatic rings. The highest BCUT2D eigenvalue weighted by Crippen LogP contribution is 2.24. The Kier molecular flexibility index (Phi) is 8.93. The van der Waals surface area contributed by atoms with Gasteiger partial charge in [-0.15, -0.1) is 0 Å². The van der Waals surface area contributed by atoms with Crippen molar-refractivity contribution in [1.29, 1.82) is 0 Å². The maximum absolute atomic E-state index is 12.3. The molecule has 2 aliphatic rings. The first-order valence-corrected chi connectivity index (χ1v) is 9.96. The molecule has 1 unspecified atom stereocenters. The molecule has 2 aliphatic heterocycles. The Labute approximate surface area is 153 Å². The molecule has 5 heteroatoms. The van der Waals surface area contributed by atoms with Crippen LogP contribution in [0.4, 0.5) is 0 Å². The van der Waals surface area contributed by atoms with Gasteiger partial charge >= 0.3 is 0 Å². The van der Waals surface area contributed by atoms with Crippen molar-refractivity contribution in [3.8, 4) is 0 Å². The van der Waals surface area contributed by atoms with E-state index in [4.69, 9.17) is 4.74 Å². The van der Waals surface area contributed by atoms with Crippen LogP contribution in [0.1, 0.15) is 46.0 Å². The zero-order valence-corrected chi connectivity index (χ0v) is 16.4. The minimum Gasteiger partial charge on any atom is -0.383 e. The highest BCUT2D eigenvalue weighted by Gasteiger charge is 2.31. The Morgan fingerprint density at radius 3 is 2.64 bits per heavy atom. The molecule has 1 N–H and O–H groups in total. The van der Waals surface area contributed by atoms with E-state index in [1.54, 1.807) is 7.11 Å². The number of hydrogen-bond donors (Lipinski definition) is 1. The van der Waals surface area contributed by atoms with Crippen LogP contribution < -0.4 is 5.32 Å². The summed E-state index contributed by atoms with van der Waals surface area (Å²) in [5, 5.41) is 3.01. The fraction of sp³-hybridized carbons (Fsp3) is 0.850. The molecule has 2 heterocycles.